The molecule has 0 N–H and O–H groups in total. The largest absolute Gasteiger partial charge is 0.496 e. The van der Waals surface area contributed by atoms with E-state index in [4.69, 9.17) is 4.74 Å². The Hall–Kier alpha value is -2.84. The van der Waals surface area contributed by atoms with Gasteiger partial charge in [-0.2, -0.15) is 0 Å². The molecule has 0 fully saturated rings. The molecule has 25 heavy (non-hydrogen) atoms. The van der Waals surface area contributed by atoms with Crippen LogP contribution in [-0.2, 0) is 0 Å². The maximum Gasteiger partial charge on any atom is 0.126 e. The van der Waals surface area contributed by atoms with Gasteiger partial charge in [-0.3, -0.25) is 0 Å². The van der Waals surface area contributed by atoms with Gasteiger partial charge in [0.25, 0.3) is 0 Å². The summed E-state index contributed by atoms with van der Waals surface area (Å²) in [4.78, 5) is 1.23. The SMILES string of the molecule is C=Cc1c(OC)ccc(-c2ccccc2)c1-c1cc2ccccc2s1. The van der Waals surface area contributed by atoms with Gasteiger partial charge in [0.1, 0.15) is 5.75 Å². The Bertz CT molecular complexity index is 1010. The molecule has 0 spiro atoms. The van der Waals surface area contributed by atoms with Gasteiger partial charge in [0, 0.05) is 20.7 Å². The molecule has 0 bridgehead atoms. The molecule has 0 aliphatic rings. The maximum atomic E-state index is 5.60. The van der Waals surface area contributed by atoms with Crippen LogP contribution in [-0.4, -0.2) is 7.11 Å². The van der Waals surface area contributed by atoms with Crippen molar-refractivity contribution in [3.05, 3.63) is 84.9 Å². The van der Waals surface area contributed by atoms with Crippen LogP contribution < -0.4 is 4.74 Å². The van der Waals surface area contributed by atoms with Crippen molar-refractivity contribution < 1.29 is 4.74 Å². The quantitative estimate of drug-likeness (QED) is 0.392. The van der Waals surface area contributed by atoms with E-state index in [1.807, 2.05) is 18.2 Å². The first-order chi connectivity index (χ1) is 12.3. The van der Waals surface area contributed by atoms with E-state index in [1.54, 1.807) is 18.4 Å². The van der Waals surface area contributed by atoms with Crippen molar-refractivity contribution in [2.75, 3.05) is 7.11 Å². The summed E-state index contributed by atoms with van der Waals surface area (Å²) in [6, 6.07) is 25.4. The van der Waals surface area contributed by atoms with Crippen LogP contribution in [0.2, 0.25) is 0 Å². The normalized spacial score (nSPS) is 10.8. The maximum absolute atomic E-state index is 5.60. The number of hydrogen-bond donors (Lipinski definition) is 0. The highest BCUT2D eigenvalue weighted by molar-refractivity contribution is 7.22. The molecular weight excluding hydrogens is 324 g/mol. The lowest BCUT2D eigenvalue weighted by Crippen LogP contribution is -1.93. The topological polar surface area (TPSA) is 9.23 Å². The summed E-state index contributed by atoms with van der Waals surface area (Å²) in [6.07, 6.45) is 1.89. The van der Waals surface area contributed by atoms with Crippen molar-refractivity contribution in [2.24, 2.45) is 0 Å². The highest BCUT2D eigenvalue weighted by Gasteiger charge is 2.17. The summed E-state index contributed by atoms with van der Waals surface area (Å²) in [5.74, 6) is 0.849. The first-order valence-electron chi connectivity index (χ1n) is 8.19. The molecule has 1 aromatic heterocycles. The fourth-order valence-corrected chi connectivity index (χ4v) is 4.35. The molecule has 0 aliphatic heterocycles. The van der Waals surface area contributed by atoms with Crippen LogP contribution in [0.3, 0.4) is 0 Å². The van der Waals surface area contributed by atoms with Crippen molar-refractivity contribution in [1.29, 1.82) is 0 Å². The molecule has 0 unspecified atom stereocenters. The van der Waals surface area contributed by atoms with E-state index in [-0.39, 0.29) is 0 Å². The van der Waals surface area contributed by atoms with Crippen molar-refractivity contribution in [1.82, 2.24) is 0 Å². The molecule has 0 radical (unpaired) electrons. The molecule has 0 atom stereocenters. The van der Waals surface area contributed by atoms with E-state index >= 15 is 0 Å². The van der Waals surface area contributed by atoms with Crippen LogP contribution >= 0.6 is 11.3 Å². The Balaban J connectivity index is 2.05. The van der Waals surface area contributed by atoms with Gasteiger partial charge in [-0.25, -0.2) is 0 Å². The Kier molecular flexibility index (Phi) is 4.12. The minimum atomic E-state index is 0.849. The van der Waals surface area contributed by atoms with Gasteiger partial charge in [0.05, 0.1) is 7.11 Å². The number of thiophene rings is 1. The zero-order valence-corrected chi connectivity index (χ0v) is 14.8. The Morgan fingerprint density at radius 2 is 1.68 bits per heavy atom. The molecule has 3 aromatic carbocycles. The van der Waals surface area contributed by atoms with E-state index in [2.05, 4.69) is 67.2 Å². The Morgan fingerprint density at radius 1 is 0.920 bits per heavy atom. The van der Waals surface area contributed by atoms with Crippen molar-refractivity contribution in [2.45, 2.75) is 0 Å². The Labute approximate surface area is 151 Å². The molecule has 4 rings (SSSR count). The summed E-state index contributed by atoms with van der Waals surface area (Å²) < 4.78 is 6.88. The van der Waals surface area contributed by atoms with Crippen LogP contribution in [0.1, 0.15) is 5.56 Å². The van der Waals surface area contributed by atoms with Crippen molar-refractivity contribution in [3.63, 3.8) is 0 Å². The van der Waals surface area contributed by atoms with Gasteiger partial charge in [0.15, 0.2) is 0 Å². The van der Waals surface area contributed by atoms with Gasteiger partial charge in [-0.15, -0.1) is 11.3 Å². The second-order valence-corrected chi connectivity index (χ2v) is 6.91. The van der Waals surface area contributed by atoms with E-state index < -0.39 is 0 Å². The van der Waals surface area contributed by atoms with Gasteiger partial charge in [0.2, 0.25) is 0 Å². The second-order valence-electron chi connectivity index (χ2n) is 5.82. The van der Waals surface area contributed by atoms with E-state index in [9.17, 15) is 0 Å². The predicted molar refractivity (Wildman–Crippen MR) is 109 cm³/mol. The number of benzene rings is 3. The Morgan fingerprint density at radius 3 is 2.40 bits per heavy atom. The number of hydrogen-bond acceptors (Lipinski definition) is 2. The number of ether oxygens (including phenoxy) is 1. The molecule has 2 heteroatoms. The lowest BCUT2D eigenvalue weighted by Gasteiger charge is -2.15. The highest BCUT2D eigenvalue weighted by atomic mass is 32.1. The molecular formula is C23H18OS. The minimum Gasteiger partial charge on any atom is -0.496 e. The third-order valence-corrected chi connectivity index (χ3v) is 5.52. The smallest absolute Gasteiger partial charge is 0.126 e. The van der Waals surface area contributed by atoms with Crippen LogP contribution in [0.4, 0.5) is 0 Å². The summed E-state index contributed by atoms with van der Waals surface area (Å²) in [7, 11) is 1.71. The standard InChI is InChI=1S/C23H18OS/c1-3-18-20(24-2)14-13-19(16-9-5-4-6-10-16)23(18)22-15-17-11-7-8-12-21(17)25-22/h3-15H,1H2,2H3. The van der Waals surface area contributed by atoms with E-state index in [0.717, 1.165) is 11.3 Å². The lowest BCUT2D eigenvalue weighted by molar-refractivity contribution is 0.414. The monoisotopic (exact) mass is 342 g/mol. The first kappa shape index (κ1) is 15.7. The molecule has 1 heterocycles. The summed E-state index contributed by atoms with van der Waals surface area (Å²) in [5, 5.41) is 1.26. The summed E-state index contributed by atoms with van der Waals surface area (Å²) >= 11 is 1.80. The van der Waals surface area contributed by atoms with E-state index in [0.29, 0.717) is 0 Å². The van der Waals surface area contributed by atoms with Crippen molar-refractivity contribution >= 4 is 27.5 Å². The fraction of sp³-hybridized carbons (Fsp3) is 0.0435. The number of methoxy groups -OCH3 is 1. The molecule has 4 aromatic rings. The van der Waals surface area contributed by atoms with Crippen LogP contribution in [0.25, 0.3) is 37.7 Å². The zero-order chi connectivity index (χ0) is 17.2. The average Bonchev–Trinajstić information content (AvgIpc) is 3.11. The number of rotatable bonds is 4. The zero-order valence-electron chi connectivity index (χ0n) is 14.0. The molecule has 0 aliphatic carbocycles. The third kappa shape index (κ3) is 2.75. The summed E-state index contributed by atoms with van der Waals surface area (Å²) in [6.45, 7) is 4.04. The van der Waals surface area contributed by atoms with Gasteiger partial charge >= 0.3 is 0 Å². The highest BCUT2D eigenvalue weighted by Crippen LogP contribution is 2.44. The molecule has 0 saturated carbocycles. The van der Waals surface area contributed by atoms with Crippen LogP contribution in [0.15, 0.2) is 79.4 Å². The van der Waals surface area contributed by atoms with E-state index in [1.165, 1.54) is 31.7 Å². The molecule has 0 amide bonds. The van der Waals surface area contributed by atoms with Crippen LogP contribution in [0, 0.1) is 0 Å². The lowest BCUT2D eigenvalue weighted by atomic mass is 9.93. The molecule has 0 saturated heterocycles. The van der Waals surface area contributed by atoms with Gasteiger partial charge in [-0.1, -0.05) is 67.3 Å². The molecule has 122 valence electrons. The average molecular weight is 342 g/mol. The molecule has 1 nitrogen and oxygen atoms in total. The fourth-order valence-electron chi connectivity index (χ4n) is 3.21. The second kappa shape index (κ2) is 6.58. The third-order valence-electron chi connectivity index (χ3n) is 4.39. The van der Waals surface area contributed by atoms with Crippen LogP contribution in [0.5, 0.6) is 5.75 Å². The minimum absolute atomic E-state index is 0.849. The summed E-state index contributed by atoms with van der Waals surface area (Å²) in [5.41, 5.74) is 4.61. The first-order valence-corrected chi connectivity index (χ1v) is 9.01. The predicted octanol–water partition coefficient (Wildman–Crippen LogP) is 6.89. The number of fused-ring (bicyclic) bond motifs is 1. The van der Waals surface area contributed by atoms with Crippen molar-refractivity contribution in [3.8, 4) is 27.3 Å². The van der Waals surface area contributed by atoms with Gasteiger partial charge < -0.3 is 4.74 Å². The van der Waals surface area contributed by atoms with Gasteiger partial charge in [-0.05, 0) is 34.7 Å².